The number of nitrogens with one attached hydrogen (secondary N) is 3. The van der Waals surface area contributed by atoms with Crippen LogP contribution in [-0.2, 0) is 25.5 Å². The van der Waals surface area contributed by atoms with Crippen molar-refractivity contribution < 1.29 is 29.0 Å². The Balaban J connectivity index is 1.87. The third-order valence-electron chi connectivity index (χ3n) is 6.30. The monoisotopic (exact) mass is 535 g/mol. The zero-order chi connectivity index (χ0) is 27.4. The number of rotatable bonds is 12. The van der Waals surface area contributed by atoms with Gasteiger partial charge in [-0.15, -0.1) is 0 Å². The highest BCUT2D eigenvalue weighted by Crippen LogP contribution is 2.28. The fourth-order valence-electron chi connectivity index (χ4n) is 4.29. The van der Waals surface area contributed by atoms with Crippen molar-refractivity contribution >= 4 is 35.6 Å². The standard InChI is InChI=1S/C27H41N3O6S/c1-27(2,3)36-26(35)30-22(16-18-8-6-5-7-9-18)24(32)28-17-19-10-12-20(13-11-19)23(31)29-21(25(33)34)14-15-37-4/h5-9,19-22H,10-17H2,1-4H3,(H,28,32)(H,29,31)(H,30,35)(H,33,34)/t19?,20?,21-,22-/m0/s1. The van der Waals surface area contributed by atoms with Crippen molar-refractivity contribution in [3.8, 4) is 0 Å². The molecule has 1 aliphatic carbocycles. The van der Waals surface area contributed by atoms with Gasteiger partial charge in [0.05, 0.1) is 0 Å². The molecule has 0 spiro atoms. The van der Waals surface area contributed by atoms with Gasteiger partial charge in [-0.05, 0) is 76.4 Å². The summed E-state index contributed by atoms with van der Waals surface area (Å²) in [6, 6.07) is 7.81. The molecule has 0 heterocycles. The number of thioether (sulfide) groups is 1. The average molecular weight is 536 g/mol. The van der Waals surface area contributed by atoms with E-state index in [0.29, 0.717) is 38.0 Å². The summed E-state index contributed by atoms with van der Waals surface area (Å²) in [5.41, 5.74) is 0.241. The van der Waals surface area contributed by atoms with E-state index < -0.39 is 29.7 Å². The number of carbonyl (C=O) groups excluding carboxylic acids is 3. The van der Waals surface area contributed by atoms with Gasteiger partial charge in [0.2, 0.25) is 11.8 Å². The van der Waals surface area contributed by atoms with E-state index >= 15 is 0 Å². The SMILES string of the molecule is CSCC[C@H](NC(=O)C1CCC(CNC(=O)[C@H](Cc2ccccc2)NC(=O)OC(C)(C)C)CC1)C(=O)O. The second kappa shape index (κ2) is 14.9. The number of alkyl carbamates (subject to hydrolysis) is 1. The molecule has 206 valence electrons. The maximum atomic E-state index is 13.0. The van der Waals surface area contributed by atoms with Crippen LogP contribution in [0, 0.1) is 11.8 Å². The van der Waals surface area contributed by atoms with Gasteiger partial charge in [-0.2, -0.15) is 11.8 Å². The van der Waals surface area contributed by atoms with Gasteiger partial charge in [0.25, 0.3) is 0 Å². The first-order valence-electron chi connectivity index (χ1n) is 12.8. The highest BCUT2D eigenvalue weighted by molar-refractivity contribution is 7.98. The van der Waals surface area contributed by atoms with Gasteiger partial charge in [0.15, 0.2) is 0 Å². The molecule has 0 radical (unpaired) electrons. The molecule has 2 atom stereocenters. The lowest BCUT2D eigenvalue weighted by atomic mass is 9.81. The molecule has 0 aliphatic heterocycles. The third-order valence-corrected chi connectivity index (χ3v) is 6.94. The Morgan fingerprint density at radius 1 is 1.03 bits per heavy atom. The Kier molecular flexibility index (Phi) is 12.2. The van der Waals surface area contributed by atoms with Crippen LogP contribution in [0.25, 0.3) is 0 Å². The molecule has 0 saturated heterocycles. The van der Waals surface area contributed by atoms with E-state index in [0.717, 1.165) is 18.4 Å². The molecular formula is C27H41N3O6S. The van der Waals surface area contributed by atoms with E-state index in [1.165, 1.54) is 0 Å². The second-order valence-corrected chi connectivity index (χ2v) is 11.5. The van der Waals surface area contributed by atoms with Crippen LogP contribution in [0.5, 0.6) is 0 Å². The molecule has 9 nitrogen and oxygen atoms in total. The van der Waals surface area contributed by atoms with Crippen molar-refractivity contribution in [1.29, 1.82) is 0 Å². The van der Waals surface area contributed by atoms with Gasteiger partial charge in [0, 0.05) is 18.9 Å². The Hall–Kier alpha value is -2.75. The van der Waals surface area contributed by atoms with E-state index in [4.69, 9.17) is 4.74 Å². The Bertz CT molecular complexity index is 897. The predicted molar refractivity (Wildman–Crippen MR) is 144 cm³/mol. The minimum absolute atomic E-state index is 0.207. The highest BCUT2D eigenvalue weighted by Gasteiger charge is 2.30. The topological polar surface area (TPSA) is 134 Å². The molecule has 0 bridgehead atoms. The van der Waals surface area contributed by atoms with Crippen LogP contribution < -0.4 is 16.0 Å². The van der Waals surface area contributed by atoms with E-state index in [1.807, 2.05) is 36.6 Å². The van der Waals surface area contributed by atoms with Crippen LogP contribution in [0.1, 0.15) is 58.4 Å². The van der Waals surface area contributed by atoms with Crippen LogP contribution in [-0.4, -0.2) is 65.2 Å². The lowest BCUT2D eigenvalue weighted by Gasteiger charge is -2.29. The number of carbonyl (C=O) groups is 4. The number of ether oxygens (including phenoxy) is 1. The van der Waals surface area contributed by atoms with Crippen molar-refractivity contribution in [2.45, 2.75) is 77.0 Å². The molecule has 3 amide bonds. The number of hydrogen-bond acceptors (Lipinski definition) is 6. The van der Waals surface area contributed by atoms with Crippen LogP contribution in [0.3, 0.4) is 0 Å². The zero-order valence-electron chi connectivity index (χ0n) is 22.2. The number of amides is 3. The molecule has 2 rings (SSSR count). The molecule has 10 heteroatoms. The molecule has 1 aromatic rings. The summed E-state index contributed by atoms with van der Waals surface area (Å²) in [7, 11) is 0. The largest absolute Gasteiger partial charge is 0.480 e. The summed E-state index contributed by atoms with van der Waals surface area (Å²) in [6.07, 6.45) is 4.78. The quantitative estimate of drug-likeness (QED) is 0.322. The maximum absolute atomic E-state index is 13.0. The number of hydrogen-bond donors (Lipinski definition) is 4. The highest BCUT2D eigenvalue weighted by atomic mass is 32.2. The smallest absolute Gasteiger partial charge is 0.408 e. The Morgan fingerprint density at radius 2 is 1.68 bits per heavy atom. The summed E-state index contributed by atoms with van der Waals surface area (Å²) >= 11 is 1.55. The summed E-state index contributed by atoms with van der Waals surface area (Å²) in [6.45, 7) is 5.74. The summed E-state index contributed by atoms with van der Waals surface area (Å²) < 4.78 is 5.34. The van der Waals surface area contributed by atoms with Gasteiger partial charge < -0.3 is 25.8 Å². The molecule has 0 unspecified atom stereocenters. The van der Waals surface area contributed by atoms with E-state index in [-0.39, 0.29) is 23.7 Å². The van der Waals surface area contributed by atoms with Gasteiger partial charge >= 0.3 is 12.1 Å². The van der Waals surface area contributed by atoms with Crippen molar-refractivity contribution in [3.05, 3.63) is 35.9 Å². The molecule has 37 heavy (non-hydrogen) atoms. The first-order chi connectivity index (χ1) is 17.5. The second-order valence-electron chi connectivity index (χ2n) is 10.5. The number of carboxylic acids is 1. The number of benzene rings is 1. The van der Waals surface area contributed by atoms with Crippen LogP contribution in [0.4, 0.5) is 4.79 Å². The zero-order valence-corrected chi connectivity index (χ0v) is 23.1. The number of aliphatic carboxylic acids is 1. The van der Waals surface area contributed by atoms with Crippen molar-refractivity contribution in [2.75, 3.05) is 18.6 Å². The first kappa shape index (κ1) is 30.5. The molecule has 1 aliphatic rings. The van der Waals surface area contributed by atoms with Crippen LogP contribution in [0.2, 0.25) is 0 Å². The predicted octanol–water partition coefficient (Wildman–Crippen LogP) is 3.37. The average Bonchev–Trinajstić information content (AvgIpc) is 2.84. The fourth-order valence-corrected chi connectivity index (χ4v) is 4.76. The van der Waals surface area contributed by atoms with Crippen molar-refractivity contribution in [1.82, 2.24) is 16.0 Å². The number of carboxylic acid groups (broad SMARTS) is 1. The Labute approximate surface area is 223 Å². The van der Waals surface area contributed by atoms with Gasteiger partial charge in [-0.3, -0.25) is 9.59 Å². The van der Waals surface area contributed by atoms with E-state index in [2.05, 4.69) is 16.0 Å². The molecule has 1 aromatic carbocycles. The summed E-state index contributed by atoms with van der Waals surface area (Å²) in [5, 5.41) is 17.7. The molecule has 0 aromatic heterocycles. The fraction of sp³-hybridized carbons (Fsp3) is 0.630. The molecular weight excluding hydrogens is 494 g/mol. The lowest BCUT2D eigenvalue weighted by molar-refractivity contribution is -0.142. The normalized spacial score (nSPS) is 19.2. The van der Waals surface area contributed by atoms with E-state index in [9.17, 15) is 24.3 Å². The summed E-state index contributed by atoms with van der Waals surface area (Å²) in [5.74, 6) is -0.851. The molecule has 4 N–H and O–H groups in total. The van der Waals surface area contributed by atoms with Crippen molar-refractivity contribution in [3.63, 3.8) is 0 Å². The van der Waals surface area contributed by atoms with Gasteiger partial charge in [0.1, 0.15) is 17.7 Å². The minimum atomic E-state index is -1.01. The lowest BCUT2D eigenvalue weighted by Crippen LogP contribution is -2.50. The van der Waals surface area contributed by atoms with Crippen molar-refractivity contribution in [2.24, 2.45) is 11.8 Å². The van der Waals surface area contributed by atoms with Gasteiger partial charge in [-0.1, -0.05) is 30.3 Å². The summed E-state index contributed by atoms with van der Waals surface area (Å²) in [4.78, 5) is 49.4. The third kappa shape index (κ3) is 11.5. The molecule has 1 fully saturated rings. The van der Waals surface area contributed by atoms with E-state index in [1.54, 1.807) is 32.5 Å². The maximum Gasteiger partial charge on any atom is 0.408 e. The van der Waals surface area contributed by atoms with Gasteiger partial charge in [-0.25, -0.2) is 9.59 Å². The molecule has 1 saturated carbocycles. The van der Waals surface area contributed by atoms with Crippen LogP contribution >= 0.6 is 11.8 Å². The van der Waals surface area contributed by atoms with Crippen LogP contribution in [0.15, 0.2) is 30.3 Å². The minimum Gasteiger partial charge on any atom is -0.480 e. The first-order valence-corrected chi connectivity index (χ1v) is 14.2. The Morgan fingerprint density at radius 3 is 2.24 bits per heavy atom.